The molecular formula is C27H50N2O2. The average Bonchev–Trinajstić information content (AvgIpc) is 2.95. The molecule has 2 aliphatic heterocycles. The zero-order valence-electron chi connectivity index (χ0n) is 21.5. The molecule has 2 saturated heterocycles. The van der Waals surface area contributed by atoms with Gasteiger partial charge in [-0.05, 0) is 53.5 Å². The number of imide groups is 1. The largest absolute Gasteiger partial charge is 0.293 e. The minimum Gasteiger partial charge on any atom is -0.293 e. The minimum absolute atomic E-state index is 0.00362. The molecule has 0 aromatic rings. The molecule has 2 aliphatic rings. The second kappa shape index (κ2) is 11.8. The molecule has 0 aromatic carbocycles. The lowest BCUT2D eigenvalue weighted by molar-refractivity contribution is -0.147. The monoisotopic (exact) mass is 434 g/mol. The van der Waals surface area contributed by atoms with E-state index in [1.165, 1.54) is 57.8 Å². The number of piperidine rings is 1. The molecule has 180 valence electrons. The second-order valence-electron chi connectivity index (χ2n) is 11.4. The lowest BCUT2D eigenvalue weighted by atomic mass is 9.76. The third kappa shape index (κ3) is 7.04. The first-order chi connectivity index (χ1) is 14.6. The summed E-state index contributed by atoms with van der Waals surface area (Å²) in [7, 11) is 0. The van der Waals surface area contributed by atoms with Crippen LogP contribution in [-0.4, -0.2) is 45.3 Å². The van der Waals surface area contributed by atoms with Crippen LogP contribution in [0, 0.1) is 5.92 Å². The van der Waals surface area contributed by atoms with Crippen LogP contribution in [0.5, 0.6) is 0 Å². The maximum absolute atomic E-state index is 13.2. The highest BCUT2D eigenvalue weighted by Gasteiger charge is 2.50. The first-order valence-corrected chi connectivity index (χ1v) is 13.3. The highest BCUT2D eigenvalue weighted by atomic mass is 16.2. The number of unbranched alkanes of at least 4 members (excludes halogenated alkanes) is 9. The Morgan fingerprint density at radius 3 is 1.74 bits per heavy atom. The molecule has 1 unspecified atom stereocenters. The molecule has 1 atom stereocenters. The highest BCUT2D eigenvalue weighted by molar-refractivity contribution is 6.03. The SMILES string of the molecule is CCCCCCCCCCCCC1CC(=O)N(C2CC(C)(C)N(CC)C(C)(C)C2)C1=O. The Labute approximate surface area is 192 Å². The fraction of sp³-hybridized carbons (Fsp3) is 0.926. The summed E-state index contributed by atoms with van der Waals surface area (Å²) in [6.07, 6.45) is 16.1. The van der Waals surface area contributed by atoms with E-state index in [0.29, 0.717) is 6.42 Å². The normalized spacial score (nSPS) is 24.3. The van der Waals surface area contributed by atoms with Gasteiger partial charge in [-0.2, -0.15) is 0 Å². The van der Waals surface area contributed by atoms with E-state index in [9.17, 15) is 9.59 Å². The zero-order valence-corrected chi connectivity index (χ0v) is 21.5. The van der Waals surface area contributed by atoms with Crippen LogP contribution in [0.2, 0.25) is 0 Å². The zero-order chi connectivity index (χ0) is 23.1. The van der Waals surface area contributed by atoms with E-state index in [1.54, 1.807) is 4.90 Å². The van der Waals surface area contributed by atoms with Crippen molar-refractivity contribution in [3.8, 4) is 0 Å². The summed E-state index contributed by atoms with van der Waals surface area (Å²) in [6.45, 7) is 14.5. The Bertz CT molecular complexity index is 566. The highest BCUT2D eigenvalue weighted by Crippen LogP contribution is 2.42. The summed E-state index contributed by atoms with van der Waals surface area (Å²) in [5.74, 6) is 0.114. The molecule has 4 nitrogen and oxygen atoms in total. The van der Waals surface area contributed by atoms with Crippen molar-refractivity contribution in [3.63, 3.8) is 0 Å². The van der Waals surface area contributed by atoms with Crippen LogP contribution in [-0.2, 0) is 9.59 Å². The van der Waals surface area contributed by atoms with Gasteiger partial charge in [0.1, 0.15) is 0 Å². The van der Waals surface area contributed by atoms with Gasteiger partial charge < -0.3 is 0 Å². The van der Waals surface area contributed by atoms with Crippen LogP contribution < -0.4 is 0 Å². The molecule has 31 heavy (non-hydrogen) atoms. The summed E-state index contributed by atoms with van der Waals surface area (Å²) in [5.41, 5.74) is -0.00724. The molecule has 0 spiro atoms. The van der Waals surface area contributed by atoms with Crippen molar-refractivity contribution in [1.29, 1.82) is 0 Å². The Morgan fingerprint density at radius 1 is 0.774 bits per heavy atom. The molecule has 2 heterocycles. The van der Waals surface area contributed by atoms with Crippen molar-refractivity contribution in [1.82, 2.24) is 9.80 Å². The predicted octanol–water partition coefficient (Wildman–Crippen LogP) is 6.71. The summed E-state index contributed by atoms with van der Waals surface area (Å²) in [6, 6.07) is 0.0468. The maximum atomic E-state index is 13.2. The van der Waals surface area contributed by atoms with Crippen LogP contribution in [0.25, 0.3) is 0 Å². The van der Waals surface area contributed by atoms with Gasteiger partial charge >= 0.3 is 0 Å². The summed E-state index contributed by atoms with van der Waals surface area (Å²) < 4.78 is 0. The predicted molar refractivity (Wildman–Crippen MR) is 130 cm³/mol. The van der Waals surface area contributed by atoms with Crippen molar-refractivity contribution >= 4 is 11.8 Å². The second-order valence-corrected chi connectivity index (χ2v) is 11.4. The van der Waals surface area contributed by atoms with Gasteiger partial charge in [-0.1, -0.05) is 78.1 Å². The van der Waals surface area contributed by atoms with Crippen LogP contribution in [0.15, 0.2) is 0 Å². The van der Waals surface area contributed by atoms with Crippen molar-refractivity contribution in [2.75, 3.05) is 6.54 Å². The number of hydrogen-bond acceptors (Lipinski definition) is 3. The van der Waals surface area contributed by atoms with E-state index in [0.717, 1.165) is 32.2 Å². The number of likely N-dealkylation sites (tertiary alicyclic amines) is 2. The molecule has 0 radical (unpaired) electrons. The summed E-state index contributed by atoms with van der Waals surface area (Å²) in [4.78, 5) is 30.2. The van der Waals surface area contributed by atoms with Crippen molar-refractivity contribution in [2.24, 2.45) is 5.92 Å². The lowest BCUT2D eigenvalue weighted by Gasteiger charge is -2.56. The third-order valence-electron chi connectivity index (χ3n) is 7.80. The van der Waals surface area contributed by atoms with E-state index >= 15 is 0 Å². The number of carbonyl (C=O) groups is 2. The molecule has 2 amide bonds. The Kier molecular flexibility index (Phi) is 10.0. The maximum Gasteiger partial charge on any atom is 0.233 e. The molecule has 0 bridgehead atoms. The number of hydrogen-bond donors (Lipinski definition) is 0. The van der Waals surface area contributed by atoms with E-state index in [-0.39, 0.29) is 34.9 Å². The van der Waals surface area contributed by atoms with Crippen LogP contribution in [0.4, 0.5) is 0 Å². The third-order valence-corrected chi connectivity index (χ3v) is 7.80. The van der Waals surface area contributed by atoms with Gasteiger partial charge in [0.05, 0.1) is 0 Å². The van der Waals surface area contributed by atoms with Crippen molar-refractivity contribution in [3.05, 3.63) is 0 Å². The van der Waals surface area contributed by atoms with Gasteiger partial charge in [-0.25, -0.2) is 0 Å². The van der Waals surface area contributed by atoms with Crippen LogP contribution >= 0.6 is 0 Å². The first kappa shape index (κ1) is 26.4. The molecule has 0 aromatic heterocycles. The standard InChI is InChI=1S/C27H50N2O2/c1-7-9-10-11-12-13-14-15-16-17-18-22-19-24(30)29(25(22)31)23-20-26(3,4)28(8-2)27(5,6)21-23/h22-23H,7-21H2,1-6H3. The van der Waals surface area contributed by atoms with Gasteiger partial charge in [0.2, 0.25) is 11.8 Å². The number of amides is 2. The Hall–Kier alpha value is -0.900. The molecule has 0 N–H and O–H groups in total. The first-order valence-electron chi connectivity index (χ1n) is 13.3. The topological polar surface area (TPSA) is 40.6 Å². The molecule has 0 saturated carbocycles. The number of rotatable bonds is 13. The van der Waals surface area contributed by atoms with E-state index in [4.69, 9.17) is 0 Å². The summed E-state index contributed by atoms with van der Waals surface area (Å²) in [5, 5.41) is 0. The number of nitrogens with zero attached hydrogens (tertiary/aromatic N) is 2. The lowest BCUT2D eigenvalue weighted by Crippen LogP contribution is -2.64. The Balaban J connectivity index is 1.76. The summed E-state index contributed by atoms with van der Waals surface area (Å²) >= 11 is 0. The van der Waals surface area contributed by atoms with Gasteiger partial charge in [0, 0.05) is 29.5 Å². The van der Waals surface area contributed by atoms with Gasteiger partial charge in [-0.3, -0.25) is 19.4 Å². The molecule has 4 heteroatoms. The van der Waals surface area contributed by atoms with Crippen LogP contribution in [0.1, 0.15) is 131 Å². The minimum atomic E-state index is -0.0722. The van der Waals surface area contributed by atoms with Gasteiger partial charge in [0.25, 0.3) is 0 Å². The number of carbonyl (C=O) groups excluding carboxylic acids is 2. The molecule has 2 rings (SSSR count). The van der Waals surface area contributed by atoms with Gasteiger partial charge in [0.15, 0.2) is 0 Å². The molecule has 2 fully saturated rings. The average molecular weight is 435 g/mol. The van der Waals surface area contributed by atoms with Crippen molar-refractivity contribution in [2.45, 2.75) is 149 Å². The van der Waals surface area contributed by atoms with Crippen molar-refractivity contribution < 1.29 is 9.59 Å². The molecule has 0 aliphatic carbocycles. The fourth-order valence-electron chi connectivity index (χ4n) is 6.51. The smallest absolute Gasteiger partial charge is 0.233 e. The fourth-order valence-corrected chi connectivity index (χ4v) is 6.51. The Morgan fingerprint density at radius 2 is 1.26 bits per heavy atom. The van der Waals surface area contributed by atoms with Crippen LogP contribution in [0.3, 0.4) is 0 Å². The van der Waals surface area contributed by atoms with E-state index < -0.39 is 0 Å². The van der Waals surface area contributed by atoms with E-state index in [2.05, 4.69) is 46.4 Å². The van der Waals surface area contributed by atoms with E-state index in [1.807, 2.05) is 0 Å². The quantitative estimate of drug-likeness (QED) is 0.239. The molecular weight excluding hydrogens is 384 g/mol. The van der Waals surface area contributed by atoms with Gasteiger partial charge in [-0.15, -0.1) is 0 Å².